The van der Waals surface area contributed by atoms with E-state index in [1.54, 1.807) is 0 Å². The first kappa shape index (κ1) is 10.6. The average Bonchev–Trinajstić information content (AvgIpc) is 3.14. The number of nitrogens with one attached hydrogen (secondary N) is 1. The monoisotopic (exact) mass is 219 g/mol. The van der Waals surface area contributed by atoms with E-state index in [2.05, 4.69) is 16.3 Å². The second-order valence-corrected chi connectivity index (χ2v) is 5.75. The normalized spacial score (nSPS) is 26.8. The summed E-state index contributed by atoms with van der Waals surface area (Å²) in [7, 11) is 0. The molecular formula is C13H21N3. The maximum Gasteiger partial charge on any atom is 0.108 e. The predicted octanol–water partition coefficient (Wildman–Crippen LogP) is 1.50. The number of hydrogen-bond acceptors (Lipinski definition) is 3. The lowest BCUT2D eigenvalue weighted by Crippen LogP contribution is -2.42. The summed E-state index contributed by atoms with van der Waals surface area (Å²) in [6.07, 6.45) is 8.07. The number of nitriles is 1. The molecular weight excluding hydrogens is 198 g/mol. The molecule has 3 fully saturated rings. The number of hydrogen-bond donors (Lipinski definition) is 1. The highest BCUT2D eigenvalue weighted by molar-refractivity contribution is 5.00. The highest BCUT2D eigenvalue weighted by Gasteiger charge is 2.35. The molecule has 0 amide bonds. The Morgan fingerprint density at radius 3 is 2.44 bits per heavy atom. The van der Waals surface area contributed by atoms with Crippen molar-refractivity contribution in [2.75, 3.05) is 13.1 Å². The summed E-state index contributed by atoms with van der Waals surface area (Å²) in [4.78, 5) is 2.57. The van der Waals surface area contributed by atoms with Gasteiger partial charge in [-0.15, -0.1) is 0 Å². The van der Waals surface area contributed by atoms with E-state index in [-0.39, 0.29) is 6.04 Å². The van der Waals surface area contributed by atoms with Crippen LogP contribution in [0.5, 0.6) is 0 Å². The summed E-state index contributed by atoms with van der Waals surface area (Å²) < 4.78 is 0. The summed E-state index contributed by atoms with van der Waals surface area (Å²) >= 11 is 0. The van der Waals surface area contributed by atoms with Gasteiger partial charge in [-0.1, -0.05) is 0 Å². The van der Waals surface area contributed by atoms with Gasteiger partial charge in [-0.05, 0) is 44.4 Å². The molecule has 1 atom stereocenters. The van der Waals surface area contributed by atoms with Crippen molar-refractivity contribution in [2.24, 2.45) is 5.92 Å². The molecule has 0 spiro atoms. The smallest absolute Gasteiger partial charge is 0.108 e. The van der Waals surface area contributed by atoms with Gasteiger partial charge in [0.25, 0.3) is 0 Å². The molecule has 0 aromatic rings. The fraction of sp³-hybridized carbons (Fsp3) is 0.923. The van der Waals surface area contributed by atoms with E-state index in [0.717, 1.165) is 18.5 Å². The van der Waals surface area contributed by atoms with Crippen molar-refractivity contribution in [2.45, 2.75) is 56.7 Å². The molecule has 0 radical (unpaired) electrons. The van der Waals surface area contributed by atoms with Gasteiger partial charge >= 0.3 is 0 Å². The first-order chi connectivity index (χ1) is 7.85. The lowest BCUT2D eigenvalue weighted by atomic mass is 10.2. The zero-order valence-corrected chi connectivity index (χ0v) is 9.86. The van der Waals surface area contributed by atoms with Crippen molar-refractivity contribution < 1.29 is 0 Å². The van der Waals surface area contributed by atoms with Crippen LogP contribution in [0.3, 0.4) is 0 Å². The highest BCUT2D eigenvalue weighted by Crippen LogP contribution is 2.34. The van der Waals surface area contributed by atoms with E-state index < -0.39 is 0 Å². The van der Waals surface area contributed by atoms with Crippen LogP contribution in [0.4, 0.5) is 0 Å². The van der Waals surface area contributed by atoms with Gasteiger partial charge in [-0.3, -0.25) is 10.2 Å². The Kier molecular flexibility index (Phi) is 2.87. The van der Waals surface area contributed by atoms with Crippen LogP contribution in [-0.4, -0.2) is 36.1 Å². The zero-order chi connectivity index (χ0) is 11.0. The molecule has 16 heavy (non-hydrogen) atoms. The van der Waals surface area contributed by atoms with Crippen LogP contribution in [-0.2, 0) is 0 Å². The van der Waals surface area contributed by atoms with Crippen molar-refractivity contribution in [1.29, 1.82) is 5.26 Å². The Hall–Kier alpha value is -0.590. The molecule has 88 valence electrons. The van der Waals surface area contributed by atoms with Gasteiger partial charge < -0.3 is 0 Å². The third kappa shape index (κ3) is 2.96. The van der Waals surface area contributed by atoms with Gasteiger partial charge in [0.2, 0.25) is 0 Å². The fourth-order valence-electron chi connectivity index (χ4n) is 2.34. The van der Waals surface area contributed by atoms with E-state index in [4.69, 9.17) is 5.26 Å². The summed E-state index contributed by atoms with van der Waals surface area (Å²) in [5.41, 5.74) is 0. The SMILES string of the molecule is N#CC(CN(CC1CC1)C1CC1)NC1CC1. The van der Waals surface area contributed by atoms with Crippen LogP contribution in [0.15, 0.2) is 0 Å². The van der Waals surface area contributed by atoms with Crippen molar-refractivity contribution in [1.82, 2.24) is 10.2 Å². The Bertz CT molecular complexity index is 284. The largest absolute Gasteiger partial charge is 0.298 e. The van der Waals surface area contributed by atoms with E-state index in [1.165, 1.54) is 45.1 Å². The predicted molar refractivity (Wildman–Crippen MR) is 62.9 cm³/mol. The third-order valence-electron chi connectivity index (χ3n) is 3.84. The standard InChI is InChI=1S/C13H21N3/c14-7-12(15-11-3-4-11)9-16(13-5-6-13)8-10-1-2-10/h10-13,15H,1-6,8-9H2. The lowest BCUT2D eigenvalue weighted by molar-refractivity contribution is 0.237. The van der Waals surface area contributed by atoms with Crippen LogP contribution < -0.4 is 5.32 Å². The van der Waals surface area contributed by atoms with Crippen molar-refractivity contribution >= 4 is 0 Å². The molecule has 0 aromatic heterocycles. The lowest BCUT2D eigenvalue weighted by Gasteiger charge is -2.24. The summed E-state index contributed by atoms with van der Waals surface area (Å²) in [6, 6.07) is 3.94. The molecule has 3 rings (SSSR count). The molecule has 3 saturated carbocycles. The molecule has 0 heterocycles. The zero-order valence-electron chi connectivity index (χ0n) is 9.86. The van der Waals surface area contributed by atoms with Crippen LogP contribution in [0.1, 0.15) is 38.5 Å². The van der Waals surface area contributed by atoms with Crippen LogP contribution in [0.25, 0.3) is 0 Å². The minimum absolute atomic E-state index is 0.0619. The highest BCUT2D eigenvalue weighted by atomic mass is 15.2. The Morgan fingerprint density at radius 2 is 1.94 bits per heavy atom. The minimum atomic E-state index is 0.0619. The number of rotatable bonds is 7. The molecule has 1 unspecified atom stereocenters. The second kappa shape index (κ2) is 4.35. The average molecular weight is 219 g/mol. The quantitative estimate of drug-likeness (QED) is 0.705. The maximum absolute atomic E-state index is 9.16. The van der Waals surface area contributed by atoms with Gasteiger partial charge in [0, 0.05) is 25.2 Å². The van der Waals surface area contributed by atoms with Crippen molar-refractivity contribution in [3.8, 4) is 6.07 Å². The molecule has 1 N–H and O–H groups in total. The Morgan fingerprint density at radius 1 is 1.19 bits per heavy atom. The Labute approximate surface area is 97.8 Å². The molecule has 0 bridgehead atoms. The molecule has 3 aliphatic rings. The molecule has 3 heteroatoms. The van der Waals surface area contributed by atoms with E-state index in [0.29, 0.717) is 6.04 Å². The van der Waals surface area contributed by atoms with Gasteiger partial charge in [0.1, 0.15) is 6.04 Å². The van der Waals surface area contributed by atoms with E-state index >= 15 is 0 Å². The van der Waals surface area contributed by atoms with Crippen molar-refractivity contribution in [3.63, 3.8) is 0 Å². The number of nitrogens with zero attached hydrogens (tertiary/aromatic N) is 2. The molecule has 0 saturated heterocycles. The summed E-state index contributed by atoms with van der Waals surface area (Å²) in [6.45, 7) is 2.20. The molecule has 3 nitrogen and oxygen atoms in total. The summed E-state index contributed by atoms with van der Waals surface area (Å²) in [5.74, 6) is 0.945. The molecule has 0 aromatic carbocycles. The van der Waals surface area contributed by atoms with Crippen LogP contribution >= 0.6 is 0 Å². The Balaban J connectivity index is 1.49. The second-order valence-electron chi connectivity index (χ2n) is 5.75. The molecule has 3 aliphatic carbocycles. The van der Waals surface area contributed by atoms with Gasteiger partial charge in [0.15, 0.2) is 0 Å². The third-order valence-corrected chi connectivity index (χ3v) is 3.84. The van der Waals surface area contributed by atoms with Crippen LogP contribution in [0, 0.1) is 17.2 Å². The maximum atomic E-state index is 9.16. The van der Waals surface area contributed by atoms with E-state index in [1.807, 2.05) is 0 Å². The van der Waals surface area contributed by atoms with Gasteiger partial charge in [0.05, 0.1) is 6.07 Å². The molecule has 0 aliphatic heterocycles. The van der Waals surface area contributed by atoms with E-state index in [9.17, 15) is 0 Å². The van der Waals surface area contributed by atoms with Gasteiger partial charge in [-0.25, -0.2) is 0 Å². The van der Waals surface area contributed by atoms with Crippen LogP contribution in [0.2, 0.25) is 0 Å². The topological polar surface area (TPSA) is 39.1 Å². The first-order valence-corrected chi connectivity index (χ1v) is 6.75. The minimum Gasteiger partial charge on any atom is -0.298 e. The fourth-order valence-corrected chi connectivity index (χ4v) is 2.34. The summed E-state index contributed by atoms with van der Waals surface area (Å²) in [5, 5.41) is 12.6. The van der Waals surface area contributed by atoms with Crippen molar-refractivity contribution in [3.05, 3.63) is 0 Å². The van der Waals surface area contributed by atoms with Gasteiger partial charge in [-0.2, -0.15) is 5.26 Å². The first-order valence-electron chi connectivity index (χ1n) is 6.75.